The zero-order chi connectivity index (χ0) is 22.1. The molecule has 31 heavy (non-hydrogen) atoms. The number of benzene rings is 2. The van der Waals surface area contributed by atoms with Crippen molar-refractivity contribution in [1.82, 2.24) is 19.7 Å². The summed E-state index contributed by atoms with van der Waals surface area (Å²) in [5.41, 5.74) is 2.80. The maximum absolute atomic E-state index is 13.2. The summed E-state index contributed by atoms with van der Waals surface area (Å²) in [6, 6.07) is 14.7. The van der Waals surface area contributed by atoms with Crippen LogP contribution in [0.5, 0.6) is 0 Å². The van der Waals surface area contributed by atoms with E-state index >= 15 is 0 Å². The van der Waals surface area contributed by atoms with Crippen LogP contribution in [0.15, 0.2) is 65.6 Å². The van der Waals surface area contributed by atoms with Gasteiger partial charge in [0.05, 0.1) is 17.3 Å². The molecule has 0 spiro atoms. The van der Waals surface area contributed by atoms with E-state index in [-0.39, 0.29) is 17.3 Å². The molecule has 0 radical (unpaired) electrons. The van der Waals surface area contributed by atoms with E-state index in [9.17, 15) is 14.0 Å². The van der Waals surface area contributed by atoms with Crippen LogP contribution < -0.4 is 10.9 Å². The summed E-state index contributed by atoms with van der Waals surface area (Å²) in [4.78, 5) is 26.0. The van der Waals surface area contributed by atoms with Gasteiger partial charge in [-0.3, -0.25) is 9.59 Å². The number of nitrogens with zero attached hydrogens (tertiary/aromatic N) is 3. The van der Waals surface area contributed by atoms with Crippen LogP contribution in [-0.4, -0.2) is 20.3 Å². The summed E-state index contributed by atoms with van der Waals surface area (Å²) in [6.07, 6.45) is 1.67. The highest BCUT2D eigenvalue weighted by Gasteiger charge is 2.23. The molecule has 0 saturated heterocycles. The summed E-state index contributed by atoms with van der Waals surface area (Å²) in [7, 11) is 0. The molecule has 1 N–H and O–H groups in total. The first-order chi connectivity index (χ1) is 14.9. The van der Waals surface area contributed by atoms with E-state index < -0.39 is 6.04 Å². The first kappa shape index (κ1) is 20.5. The Labute approximate surface area is 178 Å². The second kappa shape index (κ2) is 8.18. The predicted molar refractivity (Wildman–Crippen MR) is 118 cm³/mol. The number of aromatic nitrogens is 3. The largest absolute Gasteiger partial charge is 0.350 e. The molecule has 4 rings (SSSR count). The Kier molecular flexibility index (Phi) is 5.42. The van der Waals surface area contributed by atoms with Crippen molar-refractivity contribution in [3.8, 4) is 5.69 Å². The molecule has 0 aliphatic carbocycles. The molecule has 1 amide bonds. The van der Waals surface area contributed by atoms with Crippen molar-refractivity contribution in [3.05, 3.63) is 93.9 Å². The summed E-state index contributed by atoms with van der Waals surface area (Å²) < 4.78 is 16.3. The van der Waals surface area contributed by atoms with Crippen LogP contribution in [0.2, 0.25) is 0 Å². The average Bonchev–Trinajstić information content (AvgIpc) is 3.04. The smallest absolute Gasteiger partial charge is 0.281 e. The van der Waals surface area contributed by atoms with E-state index in [1.165, 1.54) is 16.8 Å². The molecule has 7 heteroatoms. The van der Waals surface area contributed by atoms with E-state index in [1.807, 2.05) is 48.7 Å². The molecule has 4 aromatic rings. The Morgan fingerprint density at radius 2 is 1.74 bits per heavy atom. The molecule has 0 unspecified atom stereocenters. The van der Waals surface area contributed by atoms with Gasteiger partial charge >= 0.3 is 0 Å². The first-order valence-electron chi connectivity index (χ1n) is 10.1. The second-order valence-electron chi connectivity index (χ2n) is 7.55. The van der Waals surface area contributed by atoms with Crippen molar-refractivity contribution in [2.24, 2.45) is 0 Å². The SMILES string of the molecule is Cc1c2cnn(-c3ccccc3)c(=O)c2c(C)n1[C@H](C)C(=O)NCc1ccc(F)cc1. The third-order valence-electron chi connectivity index (χ3n) is 5.60. The number of amides is 1. The Balaban J connectivity index is 1.67. The molecule has 0 aliphatic rings. The zero-order valence-corrected chi connectivity index (χ0v) is 17.6. The monoisotopic (exact) mass is 418 g/mol. The van der Waals surface area contributed by atoms with Crippen LogP contribution in [0.25, 0.3) is 16.5 Å². The van der Waals surface area contributed by atoms with Gasteiger partial charge in [0, 0.05) is 23.3 Å². The van der Waals surface area contributed by atoms with Gasteiger partial charge in [-0.05, 0) is 50.6 Å². The van der Waals surface area contributed by atoms with Gasteiger partial charge in [-0.2, -0.15) is 9.78 Å². The number of nitrogens with one attached hydrogen (secondary N) is 1. The third kappa shape index (κ3) is 3.74. The maximum Gasteiger partial charge on any atom is 0.281 e. The summed E-state index contributed by atoms with van der Waals surface area (Å²) >= 11 is 0. The van der Waals surface area contributed by atoms with Gasteiger partial charge in [-0.1, -0.05) is 30.3 Å². The molecule has 1 atom stereocenters. The molecule has 158 valence electrons. The molecule has 6 nitrogen and oxygen atoms in total. The minimum atomic E-state index is -0.530. The fourth-order valence-corrected chi connectivity index (χ4v) is 3.97. The normalized spacial score (nSPS) is 12.1. The molecule has 0 saturated carbocycles. The summed E-state index contributed by atoms with van der Waals surface area (Å²) in [5, 5.41) is 8.51. The molecule has 2 aromatic heterocycles. The number of carbonyl (C=O) groups excluding carboxylic acids is 1. The van der Waals surface area contributed by atoms with Crippen LogP contribution in [0.1, 0.15) is 29.9 Å². The topological polar surface area (TPSA) is 68.9 Å². The van der Waals surface area contributed by atoms with Crippen LogP contribution >= 0.6 is 0 Å². The number of carbonyl (C=O) groups is 1. The Morgan fingerprint density at radius 3 is 2.42 bits per heavy atom. The van der Waals surface area contributed by atoms with E-state index in [1.54, 1.807) is 25.3 Å². The van der Waals surface area contributed by atoms with Crippen molar-refractivity contribution in [1.29, 1.82) is 0 Å². The standard InChI is InChI=1S/C24H23FN4O2/c1-15-21-14-27-29(20-7-5-4-6-8-20)24(31)22(21)16(2)28(15)17(3)23(30)26-13-18-9-11-19(25)12-10-18/h4-12,14,17H,13H2,1-3H3,(H,26,30)/t17-/m1/s1. The fraction of sp³-hybridized carbons (Fsp3) is 0.208. The lowest BCUT2D eigenvalue weighted by atomic mass is 10.2. The van der Waals surface area contributed by atoms with Crippen molar-refractivity contribution in [2.75, 3.05) is 0 Å². The minimum Gasteiger partial charge on any atom is -0.350 e. The van der Waals surface area contributed by atoms with Crippen molar-refractivity contribution in [2.45, 2.75) is 33.4 Å². The highest BCUT2D eigenvalue weighted by Crippen LogP contribution is 2.26. The highest BCUT2D eigenvalue weighted by molar-refractivity contribution is 5.89. The summed E-state index contributed by atoms with van der Waals surface area (Å²) in [6.45, 7) is 5.82. The zero-order valence-electron chi connectivity index (χ0n) is 17.6. The molecular weight excluding hydrogens is 395 g/mol. The number of rotatable bonds is 5. The van der Waals surface area contributed by atoms with E-state index in [0.29, 0.717) is 23.3 Å². The van der Waals surface area contributed by atoms with Gasteiger partial charge in [0.25, 0.3) is 5.56 Å². The van der Waals surface area contributed by atoms with Crippen LogP contribution in [0.3, 0.4) is 0 Å². The average molecular weight is 418 g/mol. The molecule has 2 heterocycles. The number of para-hydroxylation sites is 1. The second-order valence-corrected chi connectivity index (χ2v) is 7.55. The Bertz CT molecular complexity index is 1310. The van der Waals surface area contributed by atoms with Crippen molar-refractivity contribution < 1.29 is 9.18 Å². The highest BCUT2D eigenvalue weighted by atomic mass is 19.1. The van der Waals surface area contributed by atoms with Crippen LogP contribution in [0.4, 0.5) is 4.39 Å². The number of hydrogen-bond donors (Lipinski definition) is 1. The lowest BCUT2D eigenvalue weighted by Gasteiger charge is -2.18. The third-order valence-corrected chi connectivity index (χ3v) is 5.60. The Morgan fingerprint density at radius 1 is 1.06 bits per heavy atom. The summed E-state index contributed by atoms with van der Waals surface area (Å²) in [5.74, 6) is -0.504. The van der Waals surface area contributed by atoms with Crippen LogP contribution in [-0.2, 0) is 11.3 Å². The van der Waals surface area contributed by atoms with Crippen molar-refractivity contribution in [3.63, 3.8) is 0 Å². The van der Waals surface area contributed by atoms with Gasteiger partial charge in [0.2, 0.25) is 5.91 Å². The number of halogens is 1. The molecule has 0 fully saturated rings. The minimum absolute atomic E-state index is 0.188. The van der Waals surface area contributed by atoms with Gasteiger partial charge < -0.3 is 9.88 Å². The van der Waals surface area contributed by atoms with Gasteiger partial charge in [0.15, 0.2) is 0 Å². The molecule has 0 aliphatic heterocycles. The molecular formula is C24H23FN4O2. The lowest BCUT2D eigenvalue weighted by Crippen LogP contribution is -2.31. The van der Waals surface area contributed by atoms with E-state index in [0.717, 1.165) is 16.6 Å². The lowest BCUT2D eigenvalue weighted by molar-refractivity contribution is -0.124. The fourth-order valence-electron chi connectivity index (χ4n) is 3.97. The van der Waals surface area contributed by atoms with E-state index in [2.05, 4.69) is 10.4 Å². The predicted octanol–water partition coefficient (Wildman–Crippen LogP) is 3.82. The maximum atomic E-state index is 13.2. The van der Waals surface area contributed by atoms with Gasteiger partial charge in [0.1, 0.15) is 11.9 Å². The van der Waals surface area contributed by atoms with Gasteiger partial charge in [-0.25, -0.2) is 4.39 Å². The van der Waals surface area contributed by atoms with Crippen molar-refractivity contribution >= 4 is 16.7 Å². The first-order valence-corrected chi connectivity index (χ1v) is 10.1. The Hall–Kier alpha value is -3.74. The van der Waals surface area contributed by atoms with Crippen LogP contribution in [0, 0.1) is 19.7 Å². The number of aryl methyl sites for hydroxylation is 2. The quantitative estimate of drug-likeness (QED) is 0.536. The van der Waals surface area contributed by atoms with E-state index in [4.69, 9.17) is 0 Å². The number of hydrogen-bond acceptors (Lipinski definition) is 3. The molecule has 2 aromatic carbocycles. The molecule has 0 bridgehead atoms. The number of fused-ring (bicyclic) bond motifs is 1. The van der Waals surface area contributed by atoms with Gasteiger partial charge in [-0.15, -0.1) is 0 Å².